The average molecular weight is 417 g/mol. The summed E-state index contributed by atoms with van der Waals surface area (Å²) in [5.74, 6) is 1.24. The van der Waals surface area contributed by atoms with Crippen molar-refractivity contribution in [3.8, 4) is 5.75 Å². The van der Waals surface area contributed by atoms with E-state index in [1.165, 1.54) is 0 Å². The number of benzene rings is 1. The van der Waals surface area contributed by atoms with E-state index in [9.17, 15) is 0 Å². The van der Waals surface area contributed by atoms with Gasteiger partial charge in [-0.1, -0.05) is 0 Å². The Labute approximate surface area is 149 Å². The Balaban J connectivity index is 0.00000242. The van der Waals surface area contributed by atoms with Gasteiger partial charge in [-0.05, 0) is 57.0 Å². The highest BCUT2D eigenvalue weighted by Gasteiger charge is 2.09. The van der Waals surface area contributed by atoms with Crippen molar-refractivity contribution in [2.75, 3.05) is 11.9 Å². The Bertz CT molecular complexity index is 501. The zero-order valence-electron chi connectivity index (χ0n) is 13.0. The molecule has 22 heavy (non-hydrogen) atoms. The summed E-state index contributed by atoms with van der Waals surface area (Å²) in [7, 11) is 0. The van der Waals surface area contributed by atoms with Crippen molar-refractivity contribution in [3.05, 3.63) is 36.6 Å². The lowest BCUT2D eigenvalue weighted by Crippen LogP contribution is -2.25. The number of rotatable bonds is 5. The molecule has 0 saturated heterocycles. The van der Waals surface area contributed by atoms with Crippen LogP contribution in [0.25, 0.3) is 0 Å². The molecular formula is C16H24IN3O2. The first kappa shape index (κ1) is 18.6. The Morgan fingerprint density at radius 3 is 2.73 bits per heavy atom. The third-order valence-electron chi connectivity index (χ3n) is 2.99. The zero-order valence-corrected chi connectivity index (χ0v) is 15.3. The molecule has 0 aromatic heterocycles. The van der Waals surface area contributed by atoms with Gasteiger partial charge in [0.15, 0.2) is 5.96 Å². The molecule has 1 aliphatic rings. The molecule has 2 rings (SSSR count). The highest BCUT2D eigenvalue weighted by atomic mass is 127. The second-order valence-electron chi connectivity index (χ2n) is 5.25. The number of allylic oxidation sites excluding steroid dienone is 1. The quantitative estimate of drug-likeness (QED) is 0.437. The van der Waals surface area contributed by atoms with E-state index in [4.69, 9.17) is 15.2 Å². The van der Waals surface area contributed by atoms with E-state index in [-0.39, 0.29) is 36.2 Å². The van der Waals surface area contributed by atoms with Gasteiger partial charge in [0.2, 0.25) is 0 Å². The summed E-state index contributed by atoms with van der Waals surface area (Å²) >= 11 is 0. The molecule has 3 N–H and O–H groups in total. The van der Waals surface area contributed by atoms with Crippen molar-refractivity contribution in [1.82, 2.24) is 0 Å². The van der Waals surface area contributed by atoms with Crippen LogP contribution in [-0.2, 0) is 4.74 Å². The van der Waals surface area contributed by atoms with Crippen molar-refractivity contribution in [2.45, 2.75) is 38.9 Å². The summed E-state index contributed by atoms with van der Waals surface area (Å²) in [5, 5.41) is 3.06. The van der Waals surface area contributed by atoms with Gasteiger partial charge >= 0.3 is 0 Å². The maximum absolute atomic E-state index is 5.88. The molecule has 5 nitrogen and oxygen atoms in total. The van der Waals surface area contributed by atoms with Crippen molar-refractivity contribution in [2.24, 2.45) is 10.7 Å². The summed E-state index contributed by atoms with van der Waals surface area (Å²) in [6.07, 6.45) is 6.06. The fourth-order valence-corrected chi connectivity index (χ4v) is 2.00. The molecular weight excluding hydrogens is 393 g/mol. The molecule has 1 unspecified atom stereocenters. The summed E-state index contributed by atoms with van der Waals surface area (Å²) in [6, 6.07) is 7.65. The Morgan fingerprint density at radius 1 is 1.41 bits per heavy atom. The van der Waals surface area contributed by atoms with E-state index in [1.54, 1.807) is 6.26 Å². The van der Waals surface area contributed by atoms with Gasteiger partial charge in [0.05, 0.1) is 18.9 Å². The molecule has 0 radical (unpaired) electrons. The number of hydrogen-bond acceptors (Lipinski definition) is 3. The largest absolute Gasteiger partial charge is 0.496 e. The van der Waals surface area contributed by atoms with Crippen molar-refractivity contribution in [1.29, 1.82) is 0 Å². The van der Waals surface area contributed by atoms with Crippen LogP contribution in [0.5, 0.6) is 5.75 Å². The second-order valence-corrected chi connectivity index (χ2v) is 5.25. The number of halogens is 1. The van der Waals surface area contributed by atoms with E-state index >= 15 is 0 Å². The minimum atomic E-state index is 0. The number of ether oxygens (including phenoxy) is 2. The zero-order chi connectivity index (χ0) is 15.1. The van der Waals surface area contributed by atoms with Gasteiger partial charge in [-0.2, -0.15) is 0 Å². The topological polar surface area (TPSA) is 68.9 Å². The molecule has 0 amide bonds. The third-order valence-corrected chi connectivity index (χ3v) is 2.99. The molecule has 6 heteroatoms. The summed E-state index contributed by atoms with van der Waals surface area (Å²) in [5.41, 5.74) is 6.76. The van der Waals surface area contributed by atoms with Crippen LogP contribution in [0.1, 0.15) is 26.7 Å². The standard InChI is InChI=1S/C16H23N3O2.HI/c1-12(2)21-14-8-6-13(7-9-14)19-16(17)18-11-15-5-3-4-10-20-15;/h4,6-10,12,15H,3,5,11H2,1-2H3,(H3,17,18,19);1H. The van der Waals surface area contributed by atoms with Gasteiger partial charge < -0.3 is 20.5 Å². The van der Waals surface area contributed by atoms with Crippen molar-refractivity contribution < 1.29 is 9.47 Å². The summed E-state index contributed by atoms with van der Waals surface area (Å²) < 4.78 is 11.0. The van der Waals surface area contributed by atoms with E-state index < -0.39 is 0 Å². The summed E-state index contributed by atoms with van der Waals surface area (Å²) in [4.78, 5) is 4.31. The summed E-state index contributed by atoms with van der Waals surface area (Å²) in [6.45, 7) is 4.57. The van der Waals surface area contributed by atoms with E-state index in [2.05, 4.69) is 10.3 Å². The first-order chi connectivity index (χ1) is 10.1. The van der Waals surface area contributed by atoms with E-state index in [0.29, 0.717) is 12.5 Å². The number of nitrogens with two attached hydrogens (primary N) is 1. The Morgan fingerprint density at radius 2 is 2.14 bits per heavy atom. The molecule has 1 aromatic carbocycles. The predicted molar refractivity (Wildman–Crippen MR) is 101 cm³/mol. The molecule has 1 aromatic rings. The molecule has 0 aliphatic carbocycles. The van der Waals surface area contributed by atoms with Crippen LogP contribution in [0.2, 0.25) is 0 Å². The van der Waals surface area contributed by atoms with Crippen LogP contribution >= 0.6 is 24.0 Å². The molecule has 0 bridgehead atoms. The average Bonchev–Trinajstić information content (AvgIpc) is 2.48. The predicted octanol–water partition coefficient (Wildman–Crippen LogP) is 3.51. The number of guanidine groups is 1. The number of nitrogens with zero attached hydrogens (tertiary/aromatic N) is 1. The van der Waals surface area contributed by atoms with Crippen LogP contribution < -0.4 is 15.8 Å². The lowest BCUT2D eigenvalue weighted by atomic mass is 10.2. The first-order valence-electron chi connectivity index (χ1n) is 7.27. The van der Waals surface area contributed by atoms with Gasteiger partial charge in [-0.15, -0.1) is 24.0 Å². The minimum absolute atomic E-state index is 0. The van der Waals surface area contributed by atoms with Gasteiger partial charge in [0.1, 0.15) is 11.9 Å². The fourth-order valence-electron chi connectivity index (χ4n) is 2.00. The molecule has 0 spiro atoms. The third kappa shape index (κ3) is 6.55. The van der Waals surface area contributed by atoms with Gasteiger partial charge in [0.25, 0.3) is 0 Å². The lowest BCUT2D eigenvalue weighted by Gasteiger charge is -2.17. The lowest BCUT2D eigenvalue weighted by molar-refractivity contribution is 0.131. The Hall–Kier alpha value is -1.44. The molecule has 0 saturated carbocycles. The van der Waals surface area contributed by atoms with Crippen LogP contribution in [0, 0.1) is 0 Å². The van der Waals surface area contributed by atoms with Crippen LogP contribution in [0.4, 0.5) is 5.69 Å². The van der Waals surface area contributed by atoms with Gasteiger partial charge in [-0.25, -0.2) is 4.99 Å². The van der Waals surface area contributed by atoms with Gasteiger partial charge in [0, 0.05) is 5.69 Å². The molecule has 0 fully saturated rings. The SMILES string of the molecule is CC(C)Oc1ccc(NC(N)=NCC2CCC=CO2)cc1.I. The first-order valence-corrected chi connectivity index (χ1v) is 7.27. The van der Waals surface area contributed by atoms with Crippen molar-refractivity contribution in [3.63, 3.8) is 0 Å². The van der Waals surface area contributed by atoms with E-state index in [1.807, 2.05) is 44.2 Å². The molecule has 1 atom stereocenters. The minimum Gasteiger partial charge on any atom is -0.496 e. The number of hydrogen-bond donors (Lipinski definition) is 2. The number of anilines is 1. The van der Waals surface area contributed by atoms with Crippen molar-refractivity contribution >= 4 is 35.6 Å². The number of aliphatic imine (C=N–C) groups is 1. The monoisotopic (exact) mass is 417 g/mol. The highest BCUT2D eigenvalue weighted by Crippen LogP contribution is 2.16. The van der Waals surface area contributed by atoms with Crippen LogP contribution in [0.15, 0.2) is 41.6 Å². The smallest absolute Gasteiger partial charge is 0.193 e. The maximum Gasteiger partial charge on any atom is 0.193 e. The normalized spacial score (nSPS) is 17.6. The van der Waals surface area contributed by atoms with Crippen LogP contribution in [0.3, 0.4) is 0 Å². The van der Waals surface area contributed by atoms with Crippen LogP contribution in [-0.4, -0.2) is 24.7 Å². The Kier molecular flexibility index (Phi) is 8.08. The van der Waals surface area contributed by atoms with E-state index in [0.717, 1.165) is 24.3 Å². The number of nitrogens with one attached hydrogen (secondary N) is 1. The molecule has 122 valence electrons. The van der Waals surface area contributed by atoms with Gasteiger partial charge in [-0.3, -0.25) is 0 Å². The molecule has 1 aliphatic heterocycles. The maximum atomic E-state index is 5.88. The second kappa shape index (κ2) is 9.55. The highest BCUT2D eigenvalue weighted by molar-refractivity contribution is 14.0. The molecule has 1 heterocycles. The fraction of sp³-hybridized carbons (Fsp3) is 0.438.